The maximum Gasteiger partial charge on any atom is 0.338 e. The second-order valence-electron chi connectivity index (χ2n) is 6.85. The fraction of sp³-hybridized carbons (Fsp3) is 0.263. The van der Waals surface area contributed by atoms with Crippen molar-refractivity contribution in [3.05, 3.63) is 54.3 Å². The molecule has 3 rings (SSSR count). The number of β-amino-alcohol motifs (C(OH)–C–C–N with tert-alkyl or cyclic N) is 1. The van der Waals surface area contributed by atoms with Crippen molar-refractivity contribution in [1.29, 1.82) is 0 Å². The van der Waals surface area contributed by atoms with E-state index in [0.717, 1.165) is 4.90 Å². The summed E-state index contributed by atoms with van der Waals surface area (Å²) in [5, 5.41) is 18.4. The summed E-state index contributed by atoms with van der Waals surface area (Å²) < 4.78 is 39.5. The molecule has 0 aromatic heterocycles. The van der Waals surface area contributed by atoms with Crippen LogP contribution in [-0.4, -0.2) is 59.5 Å². The van der Waals surface area contributed by atoms with E-state index in [0.29, 0.717) is 11.1 Å². The summed E-state index contributed by atoms with van der Waals surface area (Å²) in [7, 11) is -4.25. The van der Waals surface area contributed by atoms with Gasteiger partial charge in [0.2, 0.25) is 0 Å². The van der Waals surface area contributed by atoms with E-state index in [9.17, 15) is 32.6 Å². The molecule has 154 valence electrons. The second-order valence-corrected chi connectivity index (χ2v) is 8.98. The smallest absolute Gasteiger partial charge is 0.338 e. The van der Waals surface area contributed by atoms with Gasteiger partial charge in [0.1, 0.15) is 11.1 Å². The Kier molecular flexibility index (Phi) is 5.33. The number of nitrogens with zero attached hydrogens (tertiary/aromatic N) is 1. The van der Waals surface area contributed by atoms with Crippen LogP contribution in [0, 0.1) is 5.82 Å². The number of amides is 2. The van der Waals surface area contributed by atoms with Crippen LogP contribution in [-0.2, 0) is 14.6 Å². The third-order valence-corrected chi connectivity index (χ3v) is 7.33. The molecule has 0 saturated carbocycles. The van der Waals surface area contributed by atoms with E-state index in [2.05, 4.69) is 0 Å². The number of carbonyl (C=O) groups excluding carboxylic acids is 1. The van der Waals surface area contributed by atoms with E-state index in [-0.39, 0.29) is 17.9 Å². The standard InChI is InChI=1S/C19H19FN2O6S/c20-14-3-1-2-13(10-14)12-4-6-15(7-5-12)29(27,28)16-8-9-22(18(21)25)11-19(16,26)17(23)24/h1-7,10,16,26H,8-9,11H2,(H2,21,25)(H,23,24). The lowest BCUT2D eigenvalue weighted by Crippen LogP contribution is -2.65. The summed E-state index contributed by atoms with van der Waals surface area (Å²) in [6.45, 7) is -0.834. The molecule has 2 unspecified atom stereocenters. The third kappa shape index (κ3) is 3.81. The Morgan fingerprint density at radius 3 is 2.34 bits per heavy atom. The summed E-state index contributed by atoms with van der Waals surface area (Å²) in [5.74, 6) is -2.19. The number of piperidine rings is 1. The molecule has 1 aliphatic rings. The average molecular weight is 422 g/mol. The van der Waals surface area contributed by atoms with E-state index >= 15 is 0 Å². The van der Waals surface area contributed by atoms with Gasteiger partial charge in [0.15, 0.2) is 15.4 Å². The van der Waals surface area contributed by atoms with Crippen molar-refractivity contribution >= 4 is 21.8 Å². The van der Waals surface area contributed by atoms with Crippen molar-refractivity contribution in [1.82, 2.24) is 4.90 Å². The van der Waals surface area contributed by atoms with Gasteiger partial charge in [0.05, 0.1) is 11.4 Å². The first-order valence-corrected chi connectivity index (χ1v) is 10.2. The first-order valence-electron chi connectivity index (χ1n) is 8.66. The first-order chi connectivity index (χ1) is 13.6. The van der Waals surface area contributed by atoms with Gasteiger partial charge in [-0.3, -0.25) is 0 Å². The van der Waals surface area contributed by atoms with Gasteiger partial charge < -0.3 is 20.8 Å². The third-order valence-electron chi connectivity index (χ3n) is 5.02. The van der Waals surface area contributed by atoms with Crippen LogP contribution in [0.3, 0.4) is 0 Å². The highest BCUT2D eigenvalue weighted by Gasteiger charge is 2.55. The van der Waals surface area contributed by atoms with Gasteiger partial charge in [-0.25, -0.2) is 22.4 Å². The minimum atomic E-state index is -4.25. The first kappa shape index (κ1) is 20.7. The second kappa shape index (κ2) is 7.45. The van der Waals surface area contributed by atoms with Gasteiger partial charge in [-0.1, -0.05) is 24.3 Å². The lowest BCUT2D eigenvalue weighted by atomic mass is 9.92. The van der Waals surface area contributed by atoms with Crippen molar-refractivity contribution in [2.45, 2.75) is 22.2 Å². The Labute approximate surface area is 166 Å². The molecule has 2 aromatic carbocycles. The molecule has 2 atom stereocenters. The predicted octanol–water partition coefficient (Wildman–Crippen LogP) is 1.24. The zero-order chi connectivity index (χ0) is 21.4. The van der Waals surface area contributed by atoms with Gasteiger partial charge in [-0.15, -0.1) is 0 Å². The molecule has 1 fully saturated rings. The number of aliphatic hydroxyl groups is 1. The highest BCUT2D eigenvalue weighted by Crippen LogP contribution is 2.33. The largest absolute Gasteiger partial charge is 0.479 e. The van der Waals surface area contributed by atoms with Crippen LogP contribution in [0.25, 0.3) is 11.1 Å². The number of rotatable bonds is 4. The van der Waals surface area contributed by atoms with Crippen LogP contribution in [0.15, 0.2) is 53.4 Å². The number of hydrogen-bond donors (Lipinski definition) is 3. The van der Waals surface area contributed by atoms with Gasteiger partial charge in [0.25, 0.3) is 0 Å². The Bertz CT molecular complexity index is 1060. The minimum absolute atomic E-state index is 0.101. The summed E-state index contributed by atoms with van der Waals surface area (Å²) in [6.07, 6.45) is -0.292. The summed E-state index contributed by atoms with van der Waals surface area (Å²) in [6, 6.07) is 10.3. The van der Waals surface area contributed by atoms with E-state index in [1.165, 1.54) is 42.5 Å². The van der Waals surface area contributed by atoms with Crippen molar-refractivity contribution in [2.75, 3.05) is 13.1 Å². The van der Waals surface area contributed by atoms with Crippen molar-refractivity contribution in [3.63, 3.8) is 0 Å². The number of primary amides is 1. The van der Waals surface area contributed by atoms with E-state index in [1.54, 1.807) is 6.07 Å². The zero-order valence-electron chi connectivity index (χ0n) is 15.2. The lowest BCUT2D eigenvalue weighted by Gasteiger charge is -2.40. The molecule has 1 heterocycles. The number of sulfone groups is 1. The van der Waals surface area contributed by atoms with Gasteiger partial charge in [-0.05, 0) is 41.8 Å². The van der Waals surface area contributed by atoms with Crippen LogP contribution >= 0.6 is 0 Å². The van der Waals surface area contributed by atoms with E-state index < -0.39 is 45.1 Å². The van der Waals surface area contributed by atoms with Gasteiger partial charge in [-0.2, -0.15) is 0 Å². The van der Waals surface area contributed by atoms with Crippen molar-refractivity contribution < 1.29 is 32.6 Å². The van der Waals surface area contributed by atoms with Crippen molar-refractivity contribution in [3.8, 4) is 11.1 Å². The molecule has 2 amide bonds. The maximum absolute atomic E-state index is 13.4. The number of likely N-dealkylation sites (tertiary alicyclic amines) is 1. The molecule has 29 heavy (non-hydrogen) atoms. The monoisotopic (exact) mass is 422 g/mol. The number of carboxylic acid groups (broad SMARTS) is 1. The van der Waals surface area contributed by atoms with E-state index in [4.69, 9.17) is 5.73 Å². The van der Waals surface area contributed by atoms with Crippen LogP contribution in [0.1, 0.15) is 6.42 Å². The molecule has 2 aromatic rings. The normalized spacial score (nSPS) is 22.3. The summed E-state index contributed by atoms with van der Waals surface area (Å²) in [4.78, 5) is 23.7. The highest BCUT2D eigenvalue weighted by atomic mass is 32.2. The van der Waals surface area contributed by atoms with E-state index in [1.807, 2.05) is 0 Å². The molecule has 0 radical (unpaired) electrons. The zero-order valence-corrected chi connectivity index (χ0v) is 16.0. The molecule has 0 spiro atoms. The fourth-order valence-corrected chi connectivity index (χ4v) is 5.41. The number of aliphatic carboxylic acids is 1. The molecule has 10 heteroatoms. The Morgan fingerprint density at radius 2 is 1.79 bits per heavy atom. The molecular weight excluding hydrogens is 403 g/mol. The highest BCUT2D eigenvalue weighted by molar-refractivity contribution is 7.92. The number of benzene rings is 2. The molecular formula is C19H19FN2O6S. The minimum Gasteiger partial charge on any atom is -0.479 e. The Balaban J connectivity index is 1.95. The SMILES string of the molecule is NC(=O)N1CCC(S(=O)(=O)c2ccc(-c3cccc(F)c3)cc2)C(O)(C(=O)O)C1. The maximum atomic E-state index is 13.4. The molecule has 0 aliphatic carbocycles. The number of carbonyl (C=O) groups is 2. The molecule has 0 bridgehead atoms. The van der Waals surface area contributed by atoms with Crippen LogP contribution in [0.5, 0.6) is 0 Å². The average Bonchev–Trinajstić information content (AvgIpc) is 2.67. The number of carboxylic acids is 1. The molecule has 8 nitrogen and oxygen atoms in total. The fourth-order valence-electron chi connectivity index (χ4n) is 3.46. The Hall–Kier alpha value is -2.98. The summed E-state index contributed by atoms with van der Waals surface area (Å²) in [5.41, 5.74) is 3.56. The summed E-state index contributed by atoms with van der Waals surface area (Å²) >= 11 is 0. The van der Waals surface area contributed by atoms with Crippen LogP contribution < -0.4 is 5.73 Å². The number of urea groups is 1. The Morgan fingerprint density at radius 1 is 1.14 bits per heavy atom. The number of nitrogens with two attached hydrogens (primary N) is 1. The molecule has 1 aliphatic heterocycles. The van der Waals surface area contributed by atoms with Crippen molar-refractivity contribution in [2.24, 2.45) is 5.73 Å². The number of halogens is 1. The topological polar surface area (TPSA) is 138 Å². The predicted molar refractivity (Wildman–Crippen MR) is 101 cm³/mol. The number of hydrogen-bond acceptors (Lipinski definition) is 5. The molecule has 1 saturated heterocycles. The van der Waals surface area contributed by atoms with Crippen LogP contribution in [0.2, 0.25) is 0 Å². The lowest BCUT2D eigenvalue weighted by molar-refractivity contribution is -0.162. The van der Waals surface area contributed by atoms with Gasteiger partial charge in [0, 0.05) is 6.54 Å². The van der Waals surface area contributed by atoms with Crippen LogP contribution in [0.4, 0.5) is 9.18 Å². The van der Waals surface area contributed by atoms with Gasteiger partial charge >= 0.3 is 12.0 Å². The quantitative estimate of drug-likeness (QED) is 0.678. The molecule has 4 N–H and O–H groups in total.